The van der Waals surface area contributed by atoms with Crippen LogP contribution < -0.4 is 16.0 Å². The van der Waals surface area contributed by atoms with Crippen molar-refractivity contribution >= 4 is 23.6 Å². The minimum Gasteiger partial charge on any atom is -0.450 e. The molecule has 0 heterocycles. The Balaban J connectivity index is 1.79. The van der Waals surface area contributed by atoms with Crippen LogP contribution in [-0.2, 0) is 9.53 Å². The van der Waals surface area contributed by atoms with Gasteiger partial charge in [0.15, 0.2) is 0 Å². The highest BCUT2D eigenvalue weighted by atomic mass is 16.5. The monoisotopic (exact) mass is 305 g/mol. The zero-order chi connectivity index (χ0) is 15.9. The third kappa shape index (κ3) is 5.08. The topological polar surface area (TPSA) is 96.5 Å². The van der Waals surface area contributed by atoms with Gasteiger partial charge in [-0.3, -0.25) is 14.9 Å². The van der Waals surface area contributed by atoms with E-state index in [2.05, 4.69) is 16.0 Å². The molecule has 0 spiro atoms. The van der Waals surface area contributed by atoms with E-state index in [0.29, 0.717) is 11.3 Å². The van der Waals surface area contributed by atoms with Crippen LogP contribution in [-0.4, -0.2) is 37.1 Å². The van der Waals surface area contributed by atoms with Crippen LogP contribution in [0.3, 0.4) is 0 Å². The van der Waals surface area contributed by atoms with Crippen molar-refractivity contribution in [3.8, 4) is 0 Å². The molecule has 0 aliphatic heterocycles. The van der Waals surface area contributed by atoms with Gasteiger partial charge >= 0.3 is 6.09 Å². The van der Waals surface area contributed by atoms with Gasteiger partial charge < -0.3 is 15.4 Å². The molecule has 118 valence electrons. The molecule has 1 aliphatic rings. The van der Waals surface area contributed by atoms with Crippen LogP contribution in [0.15, 0.2) is 24.3 Å². The summed E-state index contributed by atoms with van der Waals surface area (Å²) in [5, 5.41) is 7.87. The van der Waals surface area contributed by atoms with Gasteiger partial charge in [0.2, 0.25) is 5.91 Å². The number of ether oxygens (including phenoxy) is 1. The number of benzene rings is 1. The predicted molar refractivity (Wildman–Crippen MR) is 80.6 cm³/mol. The molecule has 3 amide bonds. The van der Waals surface area contributed by atoms with Crippen molar-refractivity contribution in [2.45, 2.75) is 25.8 Å². The maximum Gasteiger partial charge on any atom is 0.411 e. The first-order valence-corrected chi connectivity index (χ1v) is 7.20. The average Bonchev–Trinajstić information content (AvgIpc) is 3.29. The fourth-order valence-electron chi connectivity index (χ4n) is 1.76. The van der Waals surface area contributed by atoms with Crippen molar-refractivity contribution in [3.63, 3.8) is 0 Å². The molecule has 1 aliphatic carbocycles. The van der Waals surface area contributed by atoms with Crippen LogP contribution in [0, 0.1) is 0 Å². The average molecular weight is 305 g/mol. The van der Waals surface area contributed by atoms with E-state index in [9.17, 15) is 14.4 Å². The Morgan fingerprint density at radius 3 is 2.45 bits per heavy atom. The number of anilines is 1. The third-order valence-corrected chi connectivity index (χ3v) is 3.02. The lowest BCUT2D eigenvalue weighted by Crippen LogP contribution is -2.37. The Morgan fingerprint density at radius 2 is 1.86 bits per heavy atom. The maximum atomic E-state index is 11.9. The van der Waals surface area contributed by atoms with Gasteiger partial charge in [0.1, 0.15) is 0 Å². The molecule has 0 aromatic heterocycles. The number of hydrogen-bond donors (Lipinski definition) is 3. The summed E-state index contributed by atoms with van der Waals surface area (Å²) in [6.07, 6.45) is 1.47. The molecular formula is C15H19N3O4. The minimum atomic E-state index is -0.545. The van der Waals surface area contributed by atoms with Gasteiger partial charge in [-0.2, -0.15) is 0 Å². The number of carbonyl (C=O) groups is 3. The van der Waals surface area contributed by atoms with Gasteiger partial charge in [-0.05, 0) is 44.0 Å². The smallest absolute Gasteiger partial charge is 0.411 e. The number of amides is 3. The second-order valence-electron chi connectivity index (χ2n) is 4.95. The molecule has 0 saturated heterocycles. The summed E-state index contributed by atoms with van der Waals surface area (Å²) in [4.78, 5) is 34.6. The second kappa shape index (κ2) is 7.44. The molecule has 3 N–H and O–H groups in total. The van der Waals surface area contributed by atoms with E-state index in [1.54, 1.807) is 31.2 Å². The zero-order valence-electron chi connectivity index (χ0n) is 12.3. The van der Waals surface area contributed by atoms with Crippen LogP contribution in [0.1, 0.15) is 30.1 Å². The minimum absolute atomic E-state index is 0.0435. The lowest BCUT2D eigenvalue weighted by molar-refractivity contribution is -0.120. The van der Waals surface area contributed by atoms with E-state index in [1.807, 2.05) is 0 Å². The highest BCUT2D eigenvalue weighted by Crippen LogP contribution is 2.18. The first-order valence-electron chi connectivity index (χ1n) is 7.20. The van der Waals surface area contributed by atoms with E-state index in [1.165, 1.54) is 0 Å². The highest BCUT2D eigenvalue weighted by Gasteiger charge is 2.23. The Labute approximate surface area is 128 Å². The molecule has 7 heteroatoms. The first-order chi connectivity index (χ1) is 10.6. The second-order valence-corrected chi connectivity index (χ2v) is 4.95. The molecule has 0 atom stereocenters. The van der Waals surface area contributed by atoms with Crippen molar-refractivity contribution in [1.82, 2.24) is 10.6 Å². The van der Waals surface area contributed by atoms with Gasteiger partial charge in [0.25, 0.3) is 5.91 Å². The Morgan fingerprint density at radius 1 is 1.18 bits per heavy atom. The summed E-state index contributed by atoms with van der Waals surface area (Å²) in [5.74, 6) is -0.523. The molecule has 1 saturated carbocycles. The maximum absolute atomic E-state index is 11.9. The first kappa shape index (κ1) is 15.8. The van der Waals surface area contributed by atoms with E-state index >= 15 is 0 Å². The van der Waals surface area contributed by atoms with E-state index < -0.39 is 6.09 Å². The molecule has 0 unspecified atom stereocenters. The molecule has 1 aromatic carbocycles. The fraction of sp³-hybridized carbons (Fsp3) is 0.400. The molecule has 7 nitrogen and oxygen atoms in total. The molecule has 1 fully saturated rings. The Hall–Kier alpha value is -2.57. The van der Waals surface area contributed by atoms with Crippen molar-refractivity contribution in [2.24, 2.45) is 0 Å². The van der Waals surface area contributed by atoms with Crippen LogP contribution >= 0.6 is 0 Å². The highest BCUT2D eigenvalue weighted by molar-refractivity contribution is 5.97. The number of nitrogens with one attached hydrogen (secondary N) is 3. The van der Waals surface area contributed by atoms with Crippen molar-refractivity contribution in [3.05, 3.63) is 29.8 Å². The van der Waals surface area contributed by atoms with Gasteiger partial charge in [-0.1, -0.05) is 0 Å². The summed E-state index contributed by atoms with van der Waals surface area (Å²) in [6.45, 7) is 1.96. The van der Waals surface area contributed by atoms with E-state index in [4.69, 9.17) is 4.74 Å². The summed E-state index contributed by atoms with van der Waals surface area (Å²) >= 11 is 0. The molecule has 0 bridgehead atoms. The Kier molecular flexibility index (Phi) is 5.35. The third-order valence-electron chi connectivity index (χ3n) is 3.02. The normalized spacial score (nSPS) is 13.1. The number of rotatable bonds is 6. The molecule has 2 rings (SSSR count). The lowest BCUT2D eigenvalue weighted by Gasteiger charge is -2.08. The van der Waals surface area contributed by atoms with E-state index in [-0.39, 0.29) is 31.0 Å². The molecule has 1 aromatic rings. The van der Waals surface area contributed by atoms with E-state index in [0.717, 1.165) is 12.8 Å². The molecule has 0 radical (unpaired) electrons. The zero-order valence-corrected chi connectivity index (χ0v) is 12.3. The van der Waals surface area contributed by atoms with Crippen LogP contribution in [0.25, 0.3) is 0 Å². The van der Waals surface area contributed by atoms with Crippen molar-refractivity contribution in [2.75, 3.05) is 18.5 Å². The van der Waals surface area contributed by atoms with Crippen LogP contribution in [0.5, 0.6) is 0 Å². The van der Waals surface area contributed by atoms with Crippen molar-refractivity contribution in [1.29, 1.82) is 0 Å². The predicted octanol–water partition coefficient (Wildman–Crippen LogP) is 1.26. The standard InChI is InChI=1S/C15H19N3O4/c1-2-22-15(21)18-12-5-3-10(4-6-12)14(20)16-9-13(19)17-11-7-8-11/h3-6,11H,2,7-9H2,1H3,(H,16,20)(H,17,19)(H,18,21). The number of hydrogen-bond acceptors (Lipinski definition) is 4. The quantitative estimate of drug-likeness (QED) is 0.737. The summed E-state index contributed by atoms with van der Waals surface area (Å²) in [7, 11) is 0. The largest absolute Gasteiger partial charge is 0.450 e. The summed E-state index contributed by atoms with van der Waals surface area (Å²) in [5.41, 5.74) is 0.940. The van der Waals surface area contributed by atoms with Crippen LogP contribution in [0.2, 0.25) is 0 Å². The summed E-state index contributed by atoms with van der Waals surface area (Å²) < 4.78 is 4.75. The van der Waals surface area contributed by atoms with Gasteiger partial charge in [-0.15, -0.1) is 0 Å². The lowest BCUT2D eigenvalue weighted by atomic mass is 10.2. The van der Waals surface area contributed by atoms with Crippen LogP contribution in [0.4, 0.5) is 10.5 Å². The van der Waals surface area contributed by atoms with Gasteiger partial charge in [-0.25, -0.2) is 4.79 Å². The Bertz CT molecular complexity index is 552. The van der Waals surface area contributed by atoms with Gasteiger partial charge in [0.05, 0.1) is 13.2 Å². The van der Waals surface area contributed by atoms with Gasteiger partial charge in [0, 0.05) is 17.3 Å². The molecule has 22 heavy (non-hydrogen) atoms. The van der Waals surface area contributed by atoms with Crippen molar-refractivity contribution < 1.29 is 19.1 Å². The number of carbonyl (C=O) groups excluding carboxylic acids is 3. The summed E-state index contributed by atoms with van der Waals surface area (Å²) in [6, 6.07) is 6.59. The fourth-order valence-corrected chi connectivity index (χ4v) is 1.76. The molecular weight excluding hydrogens is 286 g/mol. The SMILES string of the molecule is CCOC(=O)Nc1ccc(C(=O)NCC(=O)NC2CC2)cc1.